The van der Waals surface area contributed by atoms with Gasteiger partial charge in [0.1, 0.15) is 11.9 Å². The summed E-state index contributed by atoms with van der Waals surface area (Å²) in [7, 11) is 0. The standard InChI is InChI=1S/C15H15ClN4O3/c16-13-10-11(20(21)22)2-3-14(13)23-12-4-8-19(9-5-12)15-17-6-1-7-18-15/h1-3,6-7,10,12H,4-5,8-9H2. The van der Waals surface area contributed by atoms with Crippen LogP contribution in [0.3, 0.4) is 0 Å². The third-order valence-corrected chi connectivity index (χ3v) is 3.99. The second-order valence-electron chi connectivity index (χ2n) is 5.22. The molecule has 1 aromatic heterocycles. The van der Waals surface area contributed by atoms with Crippen LogP contribution in [0.25, 0.3) is 0 Å². The lowest BCUT2D eigenvalue weighted by Gasteiger charge is -2.32. The summed E-state index contributed by atoms with van der Waals surface area (Å²) < 4.78 is 5.88. The highest BCUT2D eigenvalue weighted by Gasteiger charge is 2.23. The monoisotopic (exact) mass is 334 g/mol. The van der Waals surface area contributed by atoms with E-state index in [0.717, 1.165) is 31.9 Å². The number of non-ortho nitro benzene ring substituents is 1. The number of anilines is 1. The highest BCUT2D eigenvalue weighted by atomic mass is 35.5. The van der Waals surface area contributed by atoms with Gasteiger partial charge in [0.05, 0.1) is 9.95 Å². The van der Waals surface area contributed by atoms with E-state index in [1.807, 2.05) is 0 Å². The van der Waals surface area contributed by atoms with Crippen LogP contribution in [0.15, 0.2) is 36.7 Å². The predicted molar refractivity (Wildman–Crippen MR) is 86.0 cm³/mol. The number of aromatic nitrogens is 2. The van der Waals surface area contributed by atoms with Crippen molar-refractivity contribution < 1.29 is 9.66 Å². The van der Waals surface area contributed by atoms with Crippen molar-refractivity contribution in [3.8, 4) is 5.75 Å². The van der Waals surface area contributed by atoms with Gasteiger partial charge in [-0.25, -0.2) is 9.97 Å². The number of nitro groups is 1. The van der Waals surface area contributed by atoms with E-state index in [4.69, 9.17) is 16.3 Å². The minimum atomic E-state index is -0.478. The Morgan fingerprint density at radius 1 is 1.26 bits per heavy atom. The molecule has 0 amide bonds. The van der Waals surface area contributed by atoms with E-state index in [9.17, 15) is 10.1 Å². The van der Waals surface area contributed by atoms with Gasteiger partial charge in [0.25, 0.3) is 5.69 Å². The first kappa shape index (κ1) is 15.5. The van der Waals surface area contributed by atoms with Crippen molar-refractivity contribution in [3.63, 3.8) is 0 Å². The van der Waals surface area contributed by atoms with Gasteiger partial charge in [-0.1, -0.05) is 11.6 Å². The summed E-state index contributed by atoms with van der Waals surface area (Å²) in [4.78, 5) is 20.8. The zero-order valence-corrected chi connectivity index (χ0v) is 13.0. The molecule has 0 atom stereocenters. The van der Waals surface area contributed by atoms with Crippen molar-refractivity contribution in [2.75, 3.05) is 18.0 Å². The van der Waals surface area contributed by atoms with Crippen LogP contribution in [0, 0.1) is 10.1 Å². The summed E-state index contributed by atoms with van der Waals surface area (Å²) in [6.45, 7) is 1.58. The zero-order valence-electron chi connectivity index (χ0n) is 12.3. The molecular formula is C15H15ClN4O3. The van der Waals surface area contributed by atoms with Gasteiger partial charge < -0.3 is 9.64 Å². The van der Waals surface area contributed by atoms with E-state index in [1.54, 1.807) is 24.5 Å². The molecule has 1 aromatic carbocycles. The summed E-state index contributed by atoms with van der Waals surface area (Å²) in [6, 6.07) is 6.04. The van der Waals surface area contributed by atoms with Crippen LogP contribution >= 0.6 is 11.6 Å². The van der Waals surface area contributed by atoms with Crippen molar-refractivity contribution in [1.82, 2.24) is 9.97 Å². The Morgan fingerprint density at radius 3 is 2.57 bits per heavy atom. The molecule has 1 fully saturated rings. The second-order valence-corrected chi connectivity index (χ2v) is 5.63. The van der Waals surface area contributed by atoms with Gasteiger partial charge in [-0.2, -0.15) is 0 Å². The van der Waals surface area contributed by atoms with E-state index in [0.29, 0.717) is 5.75 Å². The Hall–Kier alpha value is -2.41. The molecule has 0 unspecified atom stereocenters. The first-order valence-corrected chi connectivity index (χ1v) is 7.64. The summed E-state index contributed by atoms with van der Waals surface area (Å²) >= 11 is 6.06. The number of rotatable bonds is 4. The molecule has 0 aliphatic carbocycles. The van der Waals surface area contributed by atoms with Crippen LogP contribution in [0.5, 0.6) is 5.75 Å². The fourth-order valence-electron chi connectivity index (χ4n) is 2.51. The number of nitrogens with zero attached hydrogens (tertiary/aromatic N) is 4. The Bertz CT molecular complexity index is 690. The minimum absolute atomic E-state index is 0.0221. The molecule has 1 aliphatic heterocycles. The fraction of sp³-hybridized carbons (Fsp3) is 0.333. The normalized spacial score (nSPS) is 15.4. The van der Waals surface area contributed by atoms with Crippen LogP contribution in [0.1, 0.15) is 12.8 Å². The van der Waals surface area contributed by atoms with Gasteiger partial charge in [-0.15, -0.1) is 0 Å². The molecule has 0 saturated carbocycles. The molecule has 0 spiro atoms. The van der Waals surface area contributed by atoms with Crippen molar-refractivity contribution in [1.29, 1.82) is 0 Å². The van der Waals surface area contributed by atoms with Crippen LogP contribution in [-0.4, -0.2) is 34.1 Å². The first-order valence-electron chi connectivity index (χ1n) is 7.26. The molecule has 1 saturated heterocycles. The Balaban J connectivity index is 1.60. The van der Waals surface area contributed by atoms with Gasteiger partial charge in [0.15, 0.2) is 0 Å². The average molecular weight is 335 g/mol. The summed E-state index contributed by atoms with van der Waals surface area (Å²) in [5.74, 6) is 1.20. The van der Waals surface area contributed by atoms with E-state index in [1.165, 1.54) is 12.1 Å². The molecule has 23 heavy (non-hydrogen) atoms. The van der Waals surface area contributed by atoms with E-state index < -0.39 is 4.92 Å². The van der Waals surface area contributed by atoms with Crippen molar-refractivity contribution in [2.24, 2.45) is 0 Å². The SMILES string of the molecule is O=[N+]([O-])c1ccc(OC2CCN(c3ncccn3)CC2)c(Cl)c1. The smallest absolute Gasteiger partial charge is 0.271 e. The number of benzene rings is 1. The van der Waals surface area contributed by atoms with Gasteiger partial charge >= 0.3 is 0 Å². The topological polar surface area (TPSA) is 81.4 Å². The molecule has 2 aromatic rings. The van der Waals surface area contributed by atoms with Crippen molar-refractivity contribution >= 4 is 23.2 Å². The zero-order chi connectivity index (χ0) is 16.2. The fourth-order valence-corrected chi connectivity index (χ4v) is 2.73. The van der Waals surface area contributed by atoms with Crippen LogP contribution < -0.4 is 9.64 Å². The summed E-state index contributed by atoms with van der Waals surface area (Å²) in [5.41, 5.74) is -0.0432. The van der Waals surface area contributed by atoms with E-state index >= 15 is 0 Å². The lowest BCUT2D eigenvalue weighted by Crippen LogP contribution is -2.39. The third kappa shape index (κ3) is 3.68. The average Bonchev–Trinajstić information content (AvgIpc) is 2.58. The largest absolute Gasteiger partial charge is 0.489 e. The Kier molecular flexibility index (Phi) is 4.57. The molecule has 1 aliphatic rings. The quantitative estimate of drug-likeness (QED) is 0.631. The van der Waals surface area contributed by atoms with Gasteiger partial charge in [-0.05, 0) is 12.1 Å². The molecule has 7 nitrogen and oxygen atoms in total. The number of nitro benzene ring substituents is 1. The molecule has 3 rings (SSSR count). The van der Waals surface area contributed by atoms with Crippen LogP contribution in [0.4, 0.5) is 11.6 Å². The van der Waals surface area contributed by atoms with Gasteiger partial charge in [0.2, 0.25) is 5.95 Å². The van der Waals surface area contributed by atoms with Gasteiger partial charge in [-0.3, -0.25) is 10.1 Å². The van der Waals surface area contributed by atoms with Crippen LogP contribution in [-0.2, 0) is 0 Å². The van der Waals surface area contributed by atoms with Gasteiger partial charge in [0, 0.05) is 50.5 Å². The maximum absolute atomic E-state index is 10.7. The van der Waals surface area contributed by atoms with Crippen LogP contribution in [0.2, 0.25) is 5.02 Å². The van der Waals surface area contributed by atoms with Crippen molar-refractivity contribution in [2.45, 2.75) is 18.9 Å². The van der Waals surface area contributed by atoms with Crippen molar-refractivity contribution in [3.05, 3.63) is 51.8 Å². The highest BCUT2D eigenvalue weighted by Crippen LogP contribution is 2.31. The number of hydrogen-bond acceptors (Lipinski definition) is 6. The highest BCUT2D eigenvalue weighted by molar-refractivity contribution is 6.32. The second kappa shape index (κ2) is 6.78. The van der Waals surface area contributed by atoms with E-state index in [2.05, 4.69) is 14.9 Å². The molecule has 0 radical (unpaired) electrons. The molecule has 2 heterocycles. The lowest BCUT2D eigenvalue weighted by atomic mass is 10.1. The number of halogens is 1. The van der Waals surface area contributed by atoms with E-state index in [-0.39, 0.29) is 16.8 Å². The number of piperidine rings is 1. The Morgan fingerprint density at radius 2 is 1.96 bits per heavy atom. The lowest BCUT2D eigenvalue weighted by molar-refractivity contribution is -0.384. The molecule has 0 bridgehead atoms. The predicted octanol–water partition coefficient (Wildman–Crippen LogP) is 3.09. The minimum Gasteiger partial charge on any atom is -0.489 e. The maximum atomic E-state index is 10.7. The molecule has 0 N–H and O–H groups in total. The number of hydrogen-bond donors (Lipinski definition) is 0. The molecule has 8 heteroatoms. The summed E-state index contributed by atoms with van der Waals surface area (Å²) in [6.07, 6.45) is 5.09. The maximum Gasteiger partial charge on any atom is 0.271 e. The molecular weight excluding hydrogens is 320 g/mol. The first-order chi connectivity index (χ1) is 11.1. The summed E-state index contributed by atoms with van der Waals surface area (Å²) in [5, 5.41) is 11.0. The third-order valence-electron chi connectivity index (χ3n) is 3.70. The number of ether oxygens (including phenoxy) is 1. The Labute approximate surface area is 138 Å². The molecule has 120 valence electrons.